The van der Waals surface area contributed by atoms with Crippen LogP contribution in [0.1, 0.15) is 69.0 Å². The molecule has 1 saturated carbocycles. The summed E-state index contributed by atoms with van der Waals surface area (Å²) in [5.74, 6) is 2.28. The number of hydrogen-bond donors (Lipinski definition) is 2. The Kier molecular flexibility index (Phi) is 13.2. The van der Waals surface area contributed by atoms with Gasteiger partial charge in [-0.2, -0.15) is 11.8 Å². The SMILES string of the molecule is C=CCO[C@@]12Oc3ccc(Oc4ccc5ccccc5c4)cc3[C@H]3[C@H](CCCCO)[C@@H](CCCCO)C=C(C(=NOCC)C[C@@H]1SCCc1cnccn1)[C@H]32. The number of oxime groups is 1. The van der Waals surface area contributed by atoms with Crippen molar-refractivity contribution in [3.63, 3.8) is 0 Å². The highest BCUT2D eigenvalue weighted by Gasteiger charge is 2.64. The molecular formula is C45H53N3O6S. The summed E-state index contributed by atoms with van der Waals surface area (Å²) in [5.41, 5.74) is 4.08. The van der Waals surface area contributed by atoms with E-state index in [9.17, 15) is 10.2 Å². The number of aromatic nitrogens is 2. The average Bonchev–Trinajstić information content (AvgIpc) is 3.21. The van der Waals surface area contributed by atoms with Gasteiger partial charge in [-0.1, -0.05) is 60.5 Å². The van der Waals surface area contributed by atoms with Crippen LogP contribution in [-0.2, 0) is 16.0 Å². The first kappa shape index (κ1) is 39.0. The number of aliphatic hydroxyl groups excluding tert-OH is 2. The number of unbranched alkanes of at least 4 members (excludes halogenated alkanes) is 2. The summed E-state index contributed by atoms with van der Waals surface area (Å²) in [4.78, 5) is 14.7. The van der Waals surface area contributed by atoms with Crippen molar-refractivity contribution in [2.45, 2.75) is 75.2 Å². The largest absolute Gasteiger partial charge is 0.460 e. The monoisotopic (exact) mass is 763 g/mol. The Morgan fingerprint density at radius 3 is 2.56 bits per heavy atom. The van der Waals surface area contributed by atoms with Gasteiger partial charge >= 0.3 is 0 Å². The van der Waals surface area contributed by atoms with E-state index in [2.05, 4.69) is 59.0 Å². The highest BCUT2D eigenvalue weighted by Crippen LogP contribution is 2.62. The van der Waals surface area contributed by atoms with Gasteiger partial charge in [0.2, 0.25) is 5.79 Å². The minimum Gasteiger partial charge on any atom is -0.460 e. The number of rotatable bonds is 19. The number of allylic oxidation sites excluding steroid dienone is 1. The topological polar surface area (TPSA) is 116 Å². The van der Waals surface area contributed by atoms with Gasteiger partial charge in [0, 0.05) is 56.1 Å². The fraction of sp³-hybridized carbons (Fsp3) is 0.444. The maximum absolute atomic E-state index is 9.91. The van der Waals surface area contributed by atoms with E-state index in [1.807, 2.05) is 49.1 Å². The van der Waals surface area contributed by atoms with Crippen molar-refractivity contribution >= 4 is 28.2 Å². The van der Waals surface area contributed by atoms with Crippen LogP contribution in [0.2, 0.25) is 0 Å². The molecule has 0 saturated heterocycles. The third-order valence-electron chi connectivity index (χ3n) is 11.2. The Labute approximate surface area is 328 Å². The van der Waals surface area contributed by atoms with E-state index in [0.717, 1.165) is 101 Å². The van der Waals surface area contributed by atoms with Gasteiger partial charge in [0.25, 0.3) is 0 Å². The van der Waals surface area contributed by atoms with Crippen molar-refractivity contribution in [3.05, 3.63) is 115 Å². The maximum atomic E-state index is 9.91. The first-order valence-corrected chi connectivity index (χ1v) is 20.9. The number of ether oxygens (including phenoxy) is 3. The molecule has 2 heterocycles. The number of nitrogens with zero attached hydrogens (tertiary/aromatic N) is 3. The van der Waals surface area contributed by atoms with Gasteiger partial charge in [0.05, 0.1) is 29.2 Å². The smallest absolute Gasteiger partial charge is 0.230 e. The van der Waals surface area contributed by atoms with Crippen LogP contribution in [0.3, 0.4) is 0 Å². The highest BCUT2D eigenvalue weighted by atomic mass is 32.2. The first-order chi connectivity index (χ1) is 27.1. The van der Waals surface area contributed by atoms with Crippen molar-refractivity contribution in [3.8, 4) is 17.2 Å². The van der Waals surface area contributed by atoms with Gasteiger partial charge in [0.15, 0.2) is 0 Å². The molecule has 4 aromatic rings. The van der Waals surface area contributed by atoms with Crippen LogP contribution in [0.4, 0.5) is 0 Å². The van der Waals surface area contributed by atoms with Crippen molar-refractivity contribution in [2.24, 2.45) is 22.9 Å². The van der Waals surface area contributed by atoms with Crippen LogP contribution in [0.5, 0.6) is 17.2 Å². The number of thioether (sulfide) groups is 1. The molecule has 1 aromatic heterocycles. The van der Waals surface area contributed by atoms with Crippen LogP contribution >= 0.6 is 11.8 Å². The predicted octanol–water partition coefficient (Wildman–Crippen LogP) is 9.05. The standard InChI is InChI=1S/C45H53N3O6S/c1-3-24-51-45-42(55-25-19-34-30-46-20-21-47-34)29-40(48-52-4-2)38-27-33(13-7-9-22-49)37(14-8-10-23-50)43(44(38)45)39-28-36(17-18-41(39)54-45)53-35-16-15-31-11-5-6-12-32(31)26-35/h3,5-6,11-12,15-18,20-21,26-28,30,33,37,42-44,49-50H,1,4,7-10,13-14,19,22-25,29H2,2H3/t33-,37+,42-,43+,44+,45+/m0/s1. The summed E-state index contributed by atoms with van der Waals surface area (Å²) in [5, 5.41) is 26.7. The lowest BCUT2D eigenvalue weighted by Crippen LogP contribution is -2.64. The second-order valence-electron chi connectivity index (χ2n) is 14.6. The summed E-state index contributed by atoms with van der Waals surface area (Å²) < 4.78 is 21.0. The molecule has 2 N–H and O–H groups in total. The van der Waals surface area contributed by atoms with E-state index in [-0.39, 0.29) is 42.1 Å². The molecule has 0 bridgehead atoms. The van der Waals surface area contributed by atoms with Gasteiger partial charge in [0.1, 0.15) is 23.9 Å². The van der Waals surface area contributed by atoms with Crippen molar-refractivity contribution < 1.29 is 29.3 Å². The minimum absolute atomic E-state index is 0.0123. The van der Waals surface area contributed by atoms with Crippen molar-refractivity contribution in [1.29, 1.82) is 0 Å². The molecule has 0 radical (unpaired) electrons. The van der Waals surface area contributed by atoms with E-state index < -0.39 is 5.79 Å². The highest BCUT2D eigenvalue weighted by molar-refractivity contribution is 8.00. The van der Waals surface area contributed by atoms with Crippen LogP contribution in [-0.4, -0.2) is 69.1 Å². The van der Waals surface area contributed by atoms with E-state index in [0.29, 0.717) is 19.6 Å². The molecule has 3 aromatic carbocycles. The van der Waals surface area contributed by atoms with Gasteiger partial charge in [-0.3, -0.25) is 9.97 Å². The molecule has 9 nitrogen and oxygen atoms in total. The number of aryl methyl sites for hydroxylation is 1. The molecule has 10 heteroatoms. The Morgan fingerprint density at radius 2 is 1.78 bits per heavy atom. The summed E-state index contributed by atoms with van der Waals surface area (Å²) in [6.45, 7) is 7.11. The normalized spacial score (nSPS) is 24.7. The number of aliphatic hydroxyl groups is 2. The van der Waals surface area contributed by atoms with Crippen molar-refractivity contribution in [2.75, 3.05) is 32.2 Å². The minimum atomic E-state index is -1.03. The van der Waals surface area contributed by atoms with Gasteiger partial charge in [-0.25, -0.2) is 0 Å². The van der Waals surface area contributed by atoms with Gasteiger partial charge < -0.3 is 29.3 Å². The molecule has 3 aliphatic rings. The second kappa shape index (κ2) is 18.6. The van der Waals surface area contributed by atoms with E-state index in [4.69, 9.17) is 24.2 Å². The zero-order chi connectivity index (χ0) is 38.0. The summed E-state index contributed by atoms with van der Waals surface area (Å²) in [7, 11) is 0. The Bertz CT molecular complexity index is 1960. The average molecular weight is 764 g/mol. The molecule has 0 amide bonds. The van der Waals surface area contributed by atoms with Crippen molar-refractivity contribution in [1.82, 2.24) is 9.97 Å². The quantitative estimate of drug-likeness (QED) is 0.0549. The third kappa shape index (κ3) is 8.63. The van der Waals surface area contributed by atoms with Crippen LogP contribution in [0, 0.1) is 17.8 Å². The fourth-order valence-electron chi connectivity index (χ4n) is 8.81. The Hall–Kier alpha value is -4.22. The molecule has 1 aliphatic heterocycles. The molecule has 0 spiro atoms. The lowest BCUT2D eigenvalue weighted by Gasteiger charge is -2.58. The van der Waals surface area contributed by atoms with E-state index in [1.54, 1.807) is 18.5 Å². The summed E-state index contributed by atoms with van der Waals surface area (Å²) >= 11 is 1.82. The number of fused-ring (bicyclic) bond motifs is 3. The zero-order valence-electron chi connectivity index (χ0n) is 31.7. The molecular weight excluding hydrogens is 711 g/mol. The Morgan fingerprint density at radius 1 is 0.982 bits per heavy atom. The fourth-order valence-corrected chi connectivity index (χ4v) is 10.2. The van der Waals surface area contributed by atoms with Crippen LogP contribution < -0.4 is 9.47 Å². The zero-order valence-corrected chi connectivity index (χ0v) is 32.5. The molecule has 7 rings (SSSR count). The third-order valence-corrected chi connectivity index (χ3v) is 12.5. The maximum Gasteiger partial charge on any atom is 0.230 e. The first-order valence-electron chi connectivity index (χ1n) is 19.8. The lowest BCUT2D eigenvalue weighted by atomic mass is 9.56. The number of benzene rings is 3. The van der Waals surface area contributed by atoms with Gasteiger partial charge in [-0.15, -0.1) is 6.58 Å². The predicted molar refractivity (Wildman–Crippen MR) is 219 cm³/mol. The molecule has 55 heavy (non-hydrogen) atoms. The lowest BCUT2D eigenvalue weighted by molar-refractivity contribution is -0.223. The van der Waals surface area contributed by atoms with Crippen LogP contribution in [0.15, 0.2) is 109 Å². The number of hydrogen-bond acceptors (Lipinski definition) is 10. The summed E-state index contributed by atoms with van der Waals surface area (Å²) in [6.07, 6.45) is 16.0. The molecule has 6 atom stereocenters. The van der Waals surface area contributed by atoms with Gasteiger partial charge in [-0.05, 0) is 96.9 Å². The van der Waals surface area contributed by atoms with E-state index >= 15 is 0 Å². The molecule has 1 fully saturated rings. The molecule has 0 unspecified atom stereocenters. The molecule has 2 aliphatic carbocycles. The van der Waals surface area contributed by atoms with Crippen LogP contribution in [0.25, 0.3) is 10.8 Å². The van der Waals surface area contributed by atoms with E-state index in [1.165, 1.54) is 0 Å². The Balaban J connectivity index is 1.35. The molecule has 290 valence electrons. The second-order valence-corrected chi connectivity index (χ2v) is 15.9. The summed E-state index contributed by atoms with van der Waals surface area (Å²) in [6, 6.07) is 20.7.